The van der Waals surface area contributed by atoms with Crippen molar-refractivity contribution in [2.24, 2.45) is 0 Å². The molecule has 0 bridgehead atoms. The topological polar surface area (TPSA) is 33.0 Å². The van der Waals surface area contributed by atoms with Crippen LogP contribution >= 0.6 is 27.7 Å². The molecule has 0 amide bonds. The predicted octanol–water partition coefficient (Wildman–Crippen LogP) is 3.07. The Labute approximate surface area is 90.0 Å². The molecule has 2 nitrogen and oxygen atoms in total. The van der Waals surface area contributed by atoms with E-state index in [4.69, 9.17) is 10.00 Å². The summed E-state index contributed by atoms with van der Waals surface area (Å²) in [5.41, 5.74) is 0. The fourth-order valence-corrected chi connectivity index (χ4v) is 2.14. The third-order valence-electron chi connectivity index (χ3n) is 1.43. The van der Waals surface area contributed by atoms with E-state index in [0.29, 0.717) is 5.75 Å². The van der Waals surface area contributed by atoms with Crippen molar-refractivity contribution in [3.63, 3.8) is 0 Å². The summed E-state index contributed by atoms with van der Waals surface area (Å²) in [4.78, 5) is 1.06. The quantitative estimate of drug-likeness (QED) is 0.781. The molecule has 0 aromatic heterocycles. The maximum absolute atomic E-state index is 8.39. The molecule has 1 rings (SSSR count). The maximum atomic E-state index is 8.39. The second-order valence-corrected chi connectivity index (χ2v) is 4.15. The highest BCUT2D eigenvalue weighted by Crippen LogP contribution is 2.29. The molecule has 0 unspecified atom stereocenters. The molecule has 1 aromatic carbocycles. The highest BCUT2D eigenvalue weighted by molar-refractivity contribution is 9.10. The summed E-state index contributed by atoms with van der Waals surface area (Å²) in [6.45, 7) is 0. The summed E-state index contributed by atoms with van der Waals surface area (Å²) >= 11 is 4.89. The summed E-state index contributed by atoms with van der Waals surface area (Å²) in [6, 6.07) is 7.84. The minimum atomic E-state index is 0.471. The average molecular weight is 258 g/mol. The summed E-state index contributed by atoms with van der Waals surface area (Å²) < 4.78 is 6.00. The van der Waals surface area contributed by atoms with Gasteiger partial charge in [0.05, 0.1) is 23.4 Å². The highest BCUT2D eigenvalue weighted by Gasteiger charge is 2.00. The molecular formula is C9H8BrNOS. The van der Waals surface area contributed by atoms with E-state index in [2.05, 4.69) is 22.0 Å². The summed E-state index contributed by atoms with van der Waals surface area (Å²) in [7, 11) is 1.63. The first-order valence-electron chi connectivity index (χ1n) is 3.61. The van der Waals surface area contributed by atoms with Gasteiger partial charge in [-0.25, -0.2) is 0 Å². The van der Waals surface area contributed by atoms with Crippen molar-refractivity contribution in [2.45, 2.75) is 4.90 Å². The standard InChI is InChI=1S/C9H8BrNOS/c1-12-9-3-2-7(6-8(9)10)13-5-4-11/h2-3,6H,5H2,1H3. The van der Waals surface area contributed by atoms with Crippen molar-refractivity contribution in [3.05, 3.63) is 22.7 Å². The Morgan fingerprint density at radius 2 is 2.38 bits per heavy atom. The second kappa shape index (κ2) is 5.15. The van der Waals surface area contributed by atoms with Gasteiger partial charge in [0.15, 0.2) is 0 Å². The van der Waals surface area contributed by atoms with E-state index in [1.165, 1.54) is 11.8 Å². The number of thioether (sulfide) groups is 1. The van der Waals surface area contributed by atoms with Gasteiger partial charge in [0.1, 0.15) is 5.75 Å². The van der Waals surface area contributed by atoms with Gasteiger partial charge in [0.2, 0.25) is 0 Å². The van der Waals surface area contributed by atoms with Crippen molar-refractivity contribution in [3.8, 4) is 11.8 Å². The van der Waals surface area contributed by atoms with Crippen molar-refractivity contribution in [1.29, 1.82) is 5.26 Å². The first kappa shape index (κ1) is 10.4. The lowest BCUT2D eigenvalue weighted by Gasteiger charge is -2.04. The minimum Gasteiger partial charge on any atom is -0.496 e. The van der Waals surface area contributed by atoms with Gasteiger partial charge in [-0.2, -0.15) is 5.26 Å². The van der Waals surface area contributed by atoms with Gasteiger partial charge in [0, 0.05) is 4.90 Å². The fourth-order valence-electron chi connectivity index (χ4n) is 0.853. The Kier molecular flexibility index (Phi) is 4.13. The third-order valence-corrected chi connectivity index (χ3v) is 2.91. The SMILES string of the molecule is COc1ccc(SCC#N)cc1Br. The third kappa shape index (κ3) is 2.94. The lowest BCUT2D eigenvalue weighted by Crippen LogP contribution is -1.84. The summed E-state index contributed by atoms with van der Waals surface area (Å²) in [5.74, 6) is 1.28. The van der Waals surface area contributed by atoms with Crippen LogP contribution in [0.4, 0.5) is 0 Å². The van der Waals surface area contributed by atoms with Crippen molar-refractivity contribution in [1.82, 2.24) is 0 Å². The smallest absolute Gasteiger partial charge is 0.133 e. The molecule has 68 valence electrons. The van der Waals surface area contributed by atoms with Gasteiger partial charge in [-0.05, 0) is 34.1 Å². The molecule has 4 heteroatoms. The number of halogens is 1. The first-order valence-corrected chi connectivity index (χ1v) is 5.39. The Hall–Kier alpha value is -0.660. The molecule has 0 fully saturated rings. The van der Waals surface area contributed by atoms with Crippen LogP contribution in [0.25, 0.3) is 0 Å². The molecule has 0 atom stereocenters. The fraction of sp³-hybridized carbons (Fsp3) is 0.222. The zero-order valence-electron chi connectivity index (χ0n) is 7.08. The largest absolute Gasteiger partial charge is 0.496 e. The van der Waals surface area contributed by atoms with Crippen LogP contribution in [-0.2, 0) is 0 Å². The number of hydrogen-bond acceptors (Lipinski definition) is 3. The monoisotopic (exact) mass is 257 g/mol. The molecule has 0 N–H and O–H groups in total. The zero-order valence-corrected chi connectivity index (χ0v) is 9.48. The lowest BCUT2D eigenvalue weighted by atomic mass is 10.3. The van der Waals surface area contributed by atoms with E-state index in [-0.39, 0.29) is 0 Å². The van der Waals surface area contributed by atoms with Crippen molar-refractivity contribution < 1.29 is 4.74 Å². The van der Waals surface area contributed by atoms with Gasteiger partial charge >= 0.3 is 0 Å². The van der Waals surface area contributed by atoms with E-state index < -0.39 is 0 Å². The Morgan fingerprint density at radius 3 is 2.92 bits per heavy atom. The Balaban J connectivity index is 2.78. The van der Waals surface area contributed by atoms with Crippen LogP contribution in [0, 0.1) is 11.3 Å². The van der Waals surface area contributed by atoms with Crippen LogP contribution in [0.5, 0.6) is 5.75 Å². The van der Waals surface area contributed by atoms with Crippen LogP contribution in [0.3, 0.4) is 0 Å². The summed E-state index contributed by atoms with van der Waals surface area (Å²) in [6.07, 6.45) is 0. The van der Waals surface area contributed by atoms with Gasteiger partial charge in [0.25, 0.3) is 0 Å². The molecule has 0 heterocycles. The Bertz CT molecular complexity index is 335. The van der Waals surface area contributed by atoms with Crippen molar-refractivity contribution in [2.75, 3.05) is 12.9 Å². The van der Waals surface area contributed by atoms with E-state index >= 15 is 0 Å². The number of nitrogens with zero attached hydrogens (tertiary/aromatic N) is 1. The molecule has 0 spiro atoms. The van der Waals surface area contributed by atoms with E-state index in [9.17, 15) is 0 Å². The van der Waals surface area contributed by atoms with Crippen LogP contribution in [0.15, 0.2) is 27.6 Å². The normalized spacial score (nSPS) is 9.31. The molecule has 13 heavy (non-hydrogen) atoms. The predicted molar refractivity (Wildman–Crippen MR) is 57.0 cm³/mol. The van der Waals surface area contributed by atoms with Crippen LogP contribution in [0.1, 0.15) is 0 Å². The van der Waals surface area contributed by atoms with Gasteiger partial charge in [-0.3, -0.25) is 0 Å². The molecule has 1 aromatic rings. The number of ether oxygens (including phenoxy) is 1. The van der Waals surface area contributed by atoms with Crippen LogP contribution in [-0.4, -0.2) is 12.9 Å². The van der Waals surface area contributed by atoms with E-state index in [0.717, 1.165) is 15.1 Å². The van der Waals surface area contributed by atoms with Crippen molar-refractivity contribution >= 4 is 27.7 Å². The molecule has 0 aliphatic carbocycles. The lowest BCUT2D eigenvalue weighted by molar-refractivity contribution is 0.412. The number of benzene rings is 1. The molecule has 0 radical (unpaired) electrons. The zero-order chi connectivity index (χ0) is 9.68. The summed E-state index contributed by atoms with van der Waals surface area (Å²) in [5, 5.41) is 8.39. The second-order valence-electron chi connectivity index (χ2n) is 2.24. The number of nitriles is 1. The van der Waals surface area contributed by atoms with Crippen LogP contribution in [0.2, 0.25) is 0 Å². The highest BCUT2D eigenvalue weighted by atomic mass is 79.9. The molecule has 0 aliphatic rings. The number of hydrogen-bond donors (Lipinski definition) is 0. The van der Waals surface area contributed by atoms with Crippen LogP contribution < -0.4 is 4.74 Å². The van der Waals surface area contributed by atoms with E-state index in [1.807, 2.05) is 18.2 Å². The number of rotatable bonds is 3. The average Bonchev–Trinajstić information content (AvgIpc) is 2.15. The maximum Gasteiger partial charge on any atom is 0.133 e. The minimum absolute atomic E-state index is 0.471. The number of methoxy groups -OCH3 is 1. The van der Waals surface area contributed by atoms with E-state index in [1.54, 1.807) is 7.11 Å². The molecule has 0 saturated heterocycles. The Morgan fingerprint density at radius 1 is 1.62 bits per heavy atom. The van der Waals surface area contributed by atoms with Gasteiger partial charge in [-0.1, -0.05) is 0 Å². The van der Waals surface area contributed by atoms with Gasteiger partial charge in [-0.15, -0.1) is 11.8 Å². The first-order chi connectivity index (χ1) is 6.27. The molecule has 0 saturated carbocycles. The molecular weight excluding hydrogens is 250 g/mol. The van der Waals surface area contributed by atoms with Gasteiger partial charge < -0.3 is 4.74 Å². The molecule has 0 aliphatic heterocycles.